The highest BCUT2D eigenvalue weighted by molar-refractivity contribution is 5.80. The summed E-state index contributed by atoms with van der Waals surface area (Å²) in [5.74, 6) is 2.01. The van der Waals surface area contributed by atoms with Crippen LogP contribution in [0.2, 0.25) is 0 Å². The molecular formula is C17H28N4. The van der Waals surface area contributed by atoms with Gasteiger partial charge < -0.3 is 15.2 Å². The standard InChI is InChI=1S/C13H19N3.C4H9N/c1-4-5-8-14-11-6-7-13-12(9-11)15-10(2)16(13)3;1-4-2-5-3-4/h6-7,9,14H,4-5,8H2,1-3H3;4-5H,2-3H2,1H3. The van der Waals surface area contributed by atoms with Crippen molar-refractivity contribution in [1.29, 1.82) is 0 Å². The maximum Gasteiger partial charge on any atom is 0.106 e. The van der Waals surface area contributed by atoms with E-state index in [-0.39, 0.29) is 0 Å². The largest absolute Gasteiger partial charge is 0.385 e. The van der Waals surface area contributed by atoms with E-state index in [1.165, 1.54) is 37.1 Å². The topological polar surface area (TPSA) is 41.9 Å². The van der Waals surface area contributed by atoms with E-state index in [1.54, 1.807) is 0 Å². The molecule has 0 radical (unpaired) electrons. The van der Waals surface area contributed by atoms with Crippen LogP contribution in [0.5, 0.6) is 0 Å². The summed E-state index contributed by atoms with van der Waals surface area (Å²) in [6.07, 6.45) is 2.43. The average Bonchev–Trinajstić information content (AvgIpc) is 2.72. The molecule has 1 aromatic heterocycles. The maximum absolute atomic E-state index is 4.52. The summed E-state index contributed by atoms with van der Waals surface area (Å²) in [4.78, 5) is 4.52. The molecule has 0 atom stereocenters. The van der Waals surface area contributed by atoms with Crippen LogP contribution >= 0.6 is 0 Å². The number of rotatable bonds is 4. The first-order valence-corrected chi connectivity index (χ1v) is 7.99. The van der Waals surface area contributed by atoms with Gasteiger partial charge in [-0.2, -0.15) is 0 Å². The van der Waals surface area contributed by atoms with Crippen molar-refractivity contribution in [2.75, 3.05) is 25.0 Å². The molecule has 1 aliphatic heterocycles. The van der Waals surface area contributed by atoms with Gasteiger partial charge in [0.25, 0.3) is 0 Å². The molecule has 4 nitrogen and oxygen atoms in total. The van der Waals surface area contributed by atoms with Gasteiger partial charge >= 0.3 is 0 Å². The van der Waals surface area contributed by atoms with Crippen molar-refractivity contribution in [3.63, 3.8) is 0 Å². The smallest absolute Gasteiger partial charge is 0.106 e. The average molecular weight is 288 g/mol. The van der Waals surface area contributed by atoms with Crippen LogP contribution in [-0.2, 0) is 7.05 Å². The lowest BCUT2D eigenvalue weighted by atomic mass is 10.1. The van der Waals surface area contributed by atoms with E-state index in [9.17, 15) is 0 Å². The number of anilines is 1. The molecule has 116 valence electrons. The number of benzene rings is 1. The summed E-state index contributed by atoms with van der Waals surface area (Å²) in [5, 5.41) is 6.58. The fraction of sp³-hybridized carbons (Fsp3) is 0.588. The monoisotopic (exact) mass is 288 g/mol. The Bertz CT molecular complexity index is 569. The van der Waals surface area contributed by atoms with Gasteiger partial charge in [0.2, 0.25) is 0 Å². The number of imidazole rings is 1. The van der Waals surface area contributed by atoms with E-state index in [4.69, 9.17) is 0 Å². The maximum atomic E-state index is 4.52. The van der Waals surface area contributed by atoms with Crippen LogP contribution < -0.4 is 10.6 Å². The SMILES string of the molecule is CC1CNC1.CCCCNc1ccc2c(c1)nc(C)n2C. The van der Waals surface area contributed by atoms with Crippen molar-refractivity contribution in [2.45, 2.75) is 33.6 Å². The number of unbranched alkanes of at least 4 members (excludes halogenated alkanes) is 1. The Morgan fingerprint density at radius 2 is 2.10 bits per heavy atom. The first-order valence-electron chi connectivity index (χ1n) is 7.99. The van der Waals surface area contributed by atoms with Gasteiger partial charge in [0.1, 0.15) is 5.82 Å². The van der Waals surface area contributed by atoms with Crippen LogP contribution in [0.1, 0.15) is 32.5 Å². The minimum atomic E-state index is 0.954. The zero-order chi connectivity index (χ0) is 15.2. The van der Waals surface area contributed by atoms with Gasteiger partial charge in [-0.3, -0.25) is 0 Å². The first-order chi connectivity index (χ1) is 10.1. The number of nitrogens with zero attached hydrogens (tertiary/aromatic N) is 2. The molecule has 0 spiro atoms. The predicted molar refractivity (Wildman–Crippen MR) is 90.9 cm³/mol. The van der Waals surface area contributed by atoms with Gasteiger partial charge in [0.05, 0.1) is 11.0 Å². The molecule has 2 aromatic rings. The van der Waals surface area contributed by atoms with Gasteiger partial charge in [-0.1, -0.05) is 20.3 Å². The highest BCUT2D eigenvalue weighted by Crippen LogP contribution is 2.19. The van der Waals surface area contributed by atoms with E-state index in [0.29, 0.717) is 0 Å². The molecule has 1 fully saturated rings. The van der Waals surface area contributed by atoms with Crippen molar-refractivity contribution in [3.05, 3.63) is 24.0 Å². The second kappa shape index (κ2) is 7.46. The van der Waals surface area contributed by atoms with Crippen molar-refractivity contribution < 1.29 is 0 Å². The van der Waals surface area contributed by atoms with Gasteiger partial charge in [-0.25, -0.2) is 4.98 Å². The molecule has 2 N–H and O–H groups in total. The minimum absolute atomic E-state index is 0.954. The third-order valence-corrected chi connectivity index (χ3v) is 3.95. The lowest BCUT2D eigenvalue weighted by Crippen LogP contribution is -2.39. The number of hydrogen-bond donors (Lipinski definition) is 2. The molecule has 0 unspecified atom stereocenters. The summed E-state index contributed by atoms with van der Waals surface area (Å²) < 4.78 is 2.12. The van der Waals surface area contributed by atoms with Crippen LogP contribution in [0.15, 0.2) is 18.2 Å². The third-order valence-electron chi connectivity index (χ3n) is 3.95. The molecule has 0 amide bonds. The van der Waals surface area contributed by atoms with E-state index < -0.39 is 0 Å². The first kappa shape index (κ1) is 15.8. The summed E-state index contributed by atoms with van der Waals surface area (Å²) in [6.45, 7) is 9.99. The molecular weight excluding hydrogens is 260 g/mol. The molecule has 1 saturated heterocycles. The highest BCUT2D eigenvalue weighted by atomic mass is 15.0. The highest BCUT2D eigenvalue weighted by Gasteiger charge is 2.07. The van der Waals surface area contributed by atoms with E-state index >= 15 is 0 Å². The van der Waals surface area contributed by atoms with E-state index in [0.717, 1.165) is 23.8 Å². The summed E-state index contributed by atoms with van der Waals surface area (Å²) in [6, 6.07) is 6.38. The van der Waals surface area contributed by atoms with Crippen LogP contribution in [0, 0.1) is 12.8 Å². The Morgan fingerprint density at radius 1 is 1.38 bits per heavy atom. The number of fused-ring (bicyclic) bond motifs is 1. The fourth-order valence-corrected chi connectivity index (χ4v) is 2.27. The molecule has 0 aliphatic carbocycles. The van der Waals surface area contributed by atoms with Crippen LogP contribution in [0.3, 0.4) is 0 Å². The van der Waals surface area contributed by atoms with Crippen molar-refractivity contribution in [2.24, 2.45) is 13.0 Å². The molecule has 1 aromatic carbocycles. The van der Waals surface area contributed by atoms with Gasteiger partial charge in [0.15, 0.2) is 0 Å². The Labute approximate surface area is 128 Å². The Kier molecular flexibility index (Phi) is 5.62. The molecule has 0 saturated carbocycles. The fourth-order valence-electron chi connectivity index (χ4n) is 2.27. The van der Waals surface area contributed by atoms with Crippen LogP contribution in [0.25, 0.3) is 11.0 Å². The van der Waals surface area contributed by atoms with E-state index in [1.807, 2.05) is 6.92 Å². The molecule has 2 heterocycles. The number of aromatic nitrogens is 2. The molecule has 3 rings (SSSR count). The zero-order valence-corrected chi connectivity index (χ0v) is 13.7. The number of aryl methyl sites for hydroxylation is 2. The van der Waals surface area contributed by atoms with Crippen molar-refractivity contribution in [3.8, 4) is 0 Å². The van der Waals surface area contributed by atoms with Gasteiger partial charge in [-0.15, -0.1) is 0 Å². The minimum Gasteiger partial charge on any atom is -0.385 e. The van der Waals surface area contributed by atoms with Gasteiger partial charge in [-0.05, 0) is 50.6 Å². The van der Waals surface area contributed by atoms with Gasteiger partial charge in [0, 0.05) is 19.3 Å². The summed E-state index contributed by atoms with van der Waals surface area (Å²) >= 11 is 0. The Hall–Kier alpha value is -1.55. The quantitative estimate of drug-likeness (QED) is 0.848. The second-order valence-electron chi connectivity index (χ2n) is 5.97. The van der Waals surface area contributed by atoms with Crippen LogP contribution in [0.4, 0.5) is 5.69 Å². The van der Waals surface area contributed by atoms with Crippen LogP contribution in [-0.4, -0.2) is 29.2 Å². The zero-order valence-electron chi connectivity index (χ0n) is 13.7. The number of nitrogens with one attached hydrogen (secondary N) is 2. The molecule has 0 bridgehead atoms. The summed E-state index contributed by atoms with van der Waals surface area (Å²) in [7, 11) is 2.05. The Morgan fingerprint density at radius 3 is 2.67 bits per heavy atom. The third kappa shape index (κ3) is 4.21. The van der Waals surface area contributed by atoms with E-state index in [2.05, 4.69) is 59.3 Å². The van der Waals surface area contributed by atoms with Crippen molar-refractivity contribution in [1.82, 2.24) is 14.9 Å². The Balaban J connectivity index is 0.000000272. The lowest BCUT2D eigenvalue weighted by molar-refractivity contribution is 0.379. The molecule has 1 aliphatic rings. The van der Waals surface area contributed by atoms with Crippen molar-refractivity contribution >= 4 is 16.7 Å². The summed E-state index contributed by atoms with van der Waals surface area (Å²) in [5.41, 5.74) is 3.43. The number of hydrogen-bond acceptors (Lipinski definition) is 3. The molecule has 4 heteroatoms. The second-order valence-corrected chi connectivity index (χ2v) is 5.97. The normalized spacial score (nSPS) is 14.5. The molecule has 21 heavy (non-hydrogen) atoms. The predicted octanol–water partition coefficient (Wildman–Crippen LogP) is 3.32. The lowest BCUT2D eigenvalue weighted by Gasteiger charge is -2.21.